The van der Waals surface area contributed by atoms with Gasteiger partial charge in [0, 0.05) is 13.0 Å². The van der Waals surface area contributed by atoms with Gasteiger partial charge in [-0.2, -0.15) is 0 Å². The molecule has 1 rings (SSSR count). The highest BCUT2D eigenvalue weighted by Gasteiger charge is 2.07. The molecular formula is C13H14ClNO. The van der Waals surface area contributed by atoms with Crippen molar-refractivity contribution in [3.05, 3.63) is 34.9 Å². The average molecular weight is 236 g/mol. The van der Waals surface area contributed by atoms with Gasteiger partial charge in [-0.05, 0) is 25.0 Å². The number of hydrogen-bond donors (Lipinski definition) is 1. The minimum Gasteiger partial charge on any atom is -0.352 e. The molecule has 0 saturated heterocycles. The number of hydrogen-bond acceptors (Lipinski definition) is 1. The Labute approximate surface area is 101 Å². The van der Waals surface area contributed by atoms with E-state index in [0.29, 0.717) is 17.1 Å². The first-order valence-corrected chi connectivity index (χ1v) is 5.59. The molecule has 1 N–H and O–H groups in total. The molecule has 0 aliphatic heterocycles. The highest BCUT2D eigenvalue weighted by Crippen LogP contribution is 2.14. The minimum atomic E-state index is -0.133. The highest BCUT2D eigenvalue weighted by atomic mass is 35.5. The lowest BCUT2D eigenvalue weighted by atomic mass is 10.2. The van der Waals surface area contributed by atoms with Gasteiger partial charge in [0.05, 0.1) is 10.6 Å². The van der Waals surface area contributed by atoms with Crippen LogP contribution in [0.15, 0.2) is 24.3 Å². The molecule has 0 atom stereocenters. The van der Waals surface area contributed by atoms with E-state index in [1.807, 2.05) is 0 Å². The standard InChI is InChI=1S/C13H14ClNO/c1-2-3-4-7-10-15-13(16)11-8-5-6-9-12(11)14/h1,5-6,8-9H,3-4,7,10H2,(H,15,16). The zero-order valence-electron chi connectivity index (χ0n) is 9.00. The smallest absolute Gasteiger partial charge is 0.252 e. The molecule has 3 heteroatoms. The number of rotatable bonds is 5. The van der Waals surface area contributed by atoms with Gasteiger partial charge in [0.1, 0.15) is 0 Å². The van der Waals surface area contributed by atoms with Gasteiger partial charge < -0.3 is 5.32 Å². The number of unbranched alkanes of at least 4 members (excludes halogenated alkanes) is 2. The zero-order valence-corrected chi connectivity index (χ0v) is 9.76. The second-order valence-corrected chi connectivity index (χ2v) is 3.80. The fourth-order valence-corrected chi connectivity index (χ4v) is 1.52. The van der Waals surface area contributed by atoms with Gasteiger partial charge in [-0.1, -0.05) is 23.7 Å². The molecule has 0 saturated carbocycles. The third-order valence-corrected chi connectivity index (χ3v) is 2.48. The first-order chi connectivity index (χ1) is 7.75. The van der Waals surface area contributed by atoms with E-state index in [9.17, 15) is 4.79 Å². The molecule has 0 radical (unpaired) electrons. The molecule has 16 heavy (non-hydrogen) atoms. The second kappa shape index (κ2) is 6.92. The summed E-state index contributed by atoms with van der Waals surface area (Å²) in [5, 5.41) is 3.28. The Morgan fingerprint density at radius 1 is 1.38 bits per heavy atom. The molecule has 2 nitrogen and oxygen atoms in total. The Hall–Kier alpha value is -1.46. The van der Waals surface area contributed by atoms with Crippen LogP contribution < -0.4 is 5.32 Å². The monoisotopic (exact) mass is 235 g/mol. The van der Waals surface area contributed by atoms with Crippen molar-refractivity contribution in [3.63, 3.8) is 0 Å². The van der Waals surface area contributed by atoms with E-state index in [4.69, 9.17) is 18.0 Å². The van der Waals surface area contributed by atoms with Gasteiger partial charge in [-0.3, -0.25) is 4.79 Å². The number of nitrogens with one attached hydrogen (secondary N) is 1. The Morgan fingerprint density at radius 3 is 2.81 bits per heavy atom. The average Bonchev–Trinajstić information content (AvgIpc) is 2.29. The summed E-state index contributed by atoms with van der Waals surface area (Å²) >= 11 is 5.89. The molecule has 0 aliphatic rings. The molecule has 1 aromatic carbocycles. The zero-order chi connectivity index (χ0) is 11.8. The Kier molecular flexibility index (Phi) is 5.45. The summed E-state index contributed by atoms with van der Waals surface area (Å²) in [7, 11) is 0. The molecule has 1 aromatic rings. The first-order valence-electron chi connectivity index (χ1n) is 5.22. The van der Waals surface area contributed by atoms with Gasteiger partial charge in [0.25, 0.3) is 5.91 Å². The number of carbonyl (C=O) groups is 1. The fraction of sp³-hybridized carbons (Fsp3) is 0.308. The van der Waals surface area contributed by atoms with Crippen molar-refractivity contribution in [2.45, 2.75) is 19.3 Å². The molecule has 84 valence electrons. The number of terminal acetylenes is 1. The van der Waals surface area contributed by atoms with Crippen molar-refractivity contribution >= 4 is 17.5 Å². The van der Waals surface area contributed by atoms with Crippen molar-refractivity contribution in [1.82, 2.24) is 5.32 Å². The van der Waals surface area contributed by atoms with Crippen LogP contribution in [-0.4, -0.2) is 12.5 Å². The lowest BCUT2D eigenvalue weighted by Gasteiger charge is -2.05. The van der Waals surface area contributed by atoms with Crippen LogP contribution in [0.2, 0.25) is 5.02 Å². The largest absolute Gasteiger partial charge is 0.352 e. The second-order valence-electron chi connectivity index (χ2n) is 3.40. The summed E-state index contributed by atoms with van der Waals surface area (Å²) in [5.41, 5.74) is 0.515. The van der Waals surface area contributed by atoms with Gasteiger partial charge >= 0.3 is 0 Å². The predicted octanol–water partition coefficient (Wildman–Crippen LogP) is 2.87. The van der Waals surface area contributed by atoms with Crippen LogP contribution >= 0.6 is 11.6 Å². The normalized spacial score (nSPS) is 9.50. The quantitative estimate of drug-likeness (QED) is 0.617. The maximum Gasteiger partial charge on any atom is 0.252 e. The van der Waals surface area contributed by atoms with Crippen molar-refractivity contribution < 1.29 is 4.79 Å². The van der Waals surface area contributed by atoms with Crippen molar-refractivity contribution in [2.24, 2.45) is 0 Å². The summed E-state index contributed by atoms with van der Waals surface area (Å²) in [5.74, 6) is 2.43. The summed E-state index contributed by atoms with van der Waals surface area (Å²) in [6.07, 6.45) is 7.70. The minimum absolute atomic E-state index is 0.133. The number of halogens is 1. The lowest BCUT2D eigenvalue weighted by Crippen LogP contribution is -2.24. The van der Waals surface area contributed by atoms with Gasteiger partial charge in [0.2, 0.25) is 0 Å². The molecule has 1 amide bonds. The maximum absolute atomic E-state index is 11.7. The van der Waals surface area contributed by atoms with Crippen molar-refractivity contribution in [3.8, 4) is 12.3 Å². The third kappa shape index (κ3) is 3.96. The van der Waals surface area contributed by atoms with Gasteiger partial charge in [-0.25, -0.2) is 0 Å². The summed E-state index contributed by atoms with van der Waals surface area (Å²) in [4.78, 5) is 11.7. The lowest BCUT2D eigenvalue weighted by molar-refractivity contribution is 0.0953. The molecule has 0 bridgehead atoms. The van der Waals surface area contributed by atoms with Crippen LogP contribution in [-0.2, 0) is 0 Å². The summed E-state index contributed by atoms with van der Waals surface area (Å²) in [6.45, 7) is 0.631. The SMILES string of the molecule is C#CCCCCNC(=O)c1ccccc1Cl. The van der Waals surface area contributed by atoms with Crippen LogP contribution in [0.25, 0.3) is 0 Å². The fourth-order valence-electron chi connectivity index (χ4n) is 1.29. The highest BCUT2D eigenvalue weighted by molar-refractivity contribution is 6.33. The number of benzene rings is 1. The molecular weight excluding hydrogens is 222 g/mol. The Balaban J connectivity index is 2.36. The number of amides is 1. The van der Waals surface area contributed by atoms with E-state index < -0.39 is 0 Å². The Bertz CT molecular complexity index is 395. The van der Waals surface area contributed by atoms with E-state index in [1.165, 1.54) is 0 Å². The summed E-state index contributed by atoms with van der Waals surface area (Å²) in [6, 6.07) is 7.00. The number of carbonyl (C=O) groups excluding carboxylic acids is 1. The van der Waals surface area contributed by atoms with Gasteiger partial charge in [-0.15, -0.1) is 12.3 Å². The van der Waals surface area contributed by atoms with Crippen molar-refractivity contribution in [2.75, 3.05) is 6.54 Å². The summed E-state index contributed by atoms with van der Waals surface area (Å²) < 4.78 is 0. The van der Waals surface area contributed by atoms with Crippen molar-refractivity contribution in [1.29, 1.82) is 0 Å². The third-order valence-electron chi connectivity index (χ3n) is 2.15. The van der Waals surface area contributed by atoms with E-state index >= 15 is 0 Å². The predicted molar refractivity (Wildman–Crippen MR) is 66.5 cm³/mol. The van der Waals surface area contributed by atoms with Gasteiger partial charge in [0.15, 0.2) is 0 Å². The molecule has 0 aromatic heterocycles. The molecule has 0 fully saturated rings. The van der Waals surface area contributed by atoms with E-state index in [2.05, 4.69) is 11.2 Å². The maximum atomic E-state index is 11.7. The van der Waals surface area contributed by atoms with Crippen LogP contribution in [0.4, 0.5) is 0 Å². The van der Waals surface area contributed by atoms with Crippen LogP contribution in [0.3, 0.4) is 0 Å². The van der Waals surface area contributed by atoms with Crippen LogP contribution in [0, 0.1) is 12.3 Å². The topological polar surface area (TPSA) is 29.1 Å². The van der Waals surface area contributed by atoms with E-state index in [0.717, 1.165) is 19.3 Å². The van der Waals surface area contributed by atoms with Crippen LogP contribution in [0.1, 0.15) is 29.6 Å². The first kappa shape index (κ1) is 12.6. The molecule has 0 aliphatic carbocycles. The molecule has 0 heterocycles. The van der Waals surface area contributed by atoms with E-state index in [1.54, 1.807) is 24.3 Å². The van der Waals surface area contributed by atoms with E-state index in [-0.39, 0.29) is 5.91 Å². The van der Waals surface area contributed by atoms with Crippen LogP contribution in [0.5, 0.6) is 0 Å². The molecule has 0 spiro atoms. The molecule has 0 unspecified atom stereocenters. The Morgan fingerprint density at radius 2 is 2.12 bits per heavy atom.